The Kier molecular flexibility index (Phi) is 8.85. The highest BCUT2D eigenvalue weighted by molar-refractivity contribution is 9.09. The number of benzene rings is 1. The van der Waals surface area contributed by atoms with Crippen LogP contribution in [0.1, 0.15) is 19.3 Å². The van der Waals surface area contributed by atoms with Gasteiger partial charge in [-0.1, -0.05) is 40.5 Å². The maximum absolute atomic E-state index is 3.47. The van der Waals surface area contributed by atoms with Crippen molar-refractivity contribution in [3.05, 3.63) is 30.3 Å². The second-order valence-electron chi connectivity index (χ2n) is 4.21. The first-order chi connectivity index (χ1) is 8.33. The number of nitrogens with zero attached hydrogens (tertiary/aromatic N) is 1. The monoisotopic (exact) mass is 315 g/mol. The summed E-state index contributed by atoms with van der Waals surface area (Å²) < 4.78 is 0. The van der Waals surface area contributed by atoms with Crippen LogP contribution in [-0.4, -0.2) is 36.1 Å². The van der Waals surface area contributed by atoms with Gasteiger partial charge in [0.2, 0.25) is 0 Å². The summed E-state index contributed by atoms with van der Waals surface area (Å²) in [7, 11) is 2.22. The van der Waals surface area contributed by atoms with Crippen molar-refractivity contribution in [1.29, 1.82) is 0 Å². The molecular weight excluding hydrogens is 294 g/mol. The Bertz CT molecular complexity index is 279. The summed E-state index contributed by atoms with van der Waals surface area (Å²) >= 11 is 5.41. The molecule has 0 bridgehead atoms. The largest absolute Gasteiger partial charge is 0.306 e. The highest BCUT2D eigenvalue weighted by atomic mass is 79.9. The van der Waals surface area contributed by atoms with Crippen molar-refractivity contribution in [2.75, 3.05) is 31.2 Å². The standard InChI is InChI=1S/C14H22BrNS/c1-16(11-7-3-6-10-15)12-13-17-14-8-4-2-5-9-14/h2,4-5,8-9H,3,6-7,10-13H2,1H3. The van der Waals surface area contributed by atoms with Crippen LogP contribution >= 0.6 is 27.7 Å². The van der Waals surface area contributed by atoms with Gasteiger partial charge in [0.25, 0.3) is 0 Å². The zero-order chi connectivity index (χ0) is 12.3. The smallest absolute Gasteiger partial charge is 0.0108 e. The third-order valence-corrected chi connectivity index (χ3v) is 4.21. The number of alkyl halides is 1. The van der Waals surface area contributed by atoms with E-state index in [0.717, 1.165) is 5.33 Å². The molecule has 0 unspecified atom stereocenters. The molecule has 0 heterocycles. The lowest BCUT2D eigenvalue weighted by Gasteiger charge is -2.15. The molecule has 0 N–H and O–H groups in total. The number of rotatable bonds is 9. The summed E-state index contributed by atoms with van der Waals surface area (Å²) in [6.45, 7) is 2.40. The van der Waals surface area contributed by atoms with Gasteiger partial charge in [-0.25, -0.2) is 0 Å². The van der Waals surface area contributed by atoms with E-state index in [1.165, 1.54) is 43.0 Å². The summed E-state index contributed by atoms with van der Waals surface area (Å²) in [5.41, 5.74) is 0. The first-order valence-corrected chi connectivity index (χ1v) is 8.36. The number of hydrogen-bond acceptors (Lipinski definition) is 2. The van der Waals surface area contributed by atoms with Crippen LogP contribution in [0.25, 0.3) is 0 Å². The summed E-state index contributed by atoms with van der Waals surface area (Å²) in [6.07, 6.45) is 3.95. The summed E-state index contributed by atoms with van der Waals surface area (Å²) in [5.74, 6) is 1.18. The molecule has 96 valence electrons. The molecule has 1 rings (SSSR count). The molecule has 0 saturated carbocycles. The van der Waals surface area contributed by atoms with Crippen molar-refractivity contribution in [3.63, 3.8) is 0 Å². The highest BCUT2D eigenvalue weighted by Crippen LogP contribution is 2.16. The van der Waals surface area contributed by atoms with Crippen LogP contribution < -0.4 is 0 Å². The zero-order valence-electron chi connectivity index (χ0n) is 10.6. The van der Waals surface area contributed by atoms with E-state index in [4.69, 9.17) is 0 Å². The van der Waals surface area contributed by atoms with Crippen LogP contribution in [0.2, 0.25) is 0 Å². The van der Waals surface area contributed by atoms with E-state index in [0.29, 0.717) is 0 Å². The average Bonchev–Trinajstić information content (AvgIpc) is 2.36. The average molecular weight is 316 g/mol. The van der Waals surface area contributed by atoms with Crippen LogP contribution in [0.15, 0.2) is 35.2 Å². The van der Waals surface area contributed by atoms with Crippen molar-refractivity contribution < 1.29 is 0 Å². The molecule has 0 aliphatic heterocycles. The van der Waals surface area contributed by atoms with Crippen molar-refractivity contribution in [1.82, 2.24) is 4.90 Å². The second-order valence-corrected chi connectivity index (χ2v) is 6.18. The van der Waals surface area contributed by atoms with E-state index in [1.807, 2.05) is 11.8 Å². The molecule has 1 aromatic rings. The van der Waals surface area contributed by atoms with E-state index in [9.17, 15) is 0 Å². The number of thioether (sulfide) groups is 1. The van der Waals surface area contributed by atoms with Gasteiger partial charge in [0, 0.05) is 22.5 Å². The minimum absolute atomic E-state index is 1.14. The molecule has 1 aromatic carbocycles. The Balaban J connectivity index is 2.02. The lowest BCUT2D eigenvalue weighted by Crippen LogP contribution is -2.22. The lowest BCUT2D eigenvalue weighted by molar-refractivity contribution is 0.345. The minimum Gasteiger partial charge on any atom is -0.306 e. The molecule has 0 atom stereocenters. The Morgan fingerprint density at radius 3 is 2.53 bits per heavy atom. The third kappa shape index (κ3) is 7.85. The fourth-order valence-corrected chi connectivity index (χ4v) is 2.99. The van der Waals surface area contributed by atoms with Gasteiger partial charge in [-0.15, -0.1) is 11.8 Å². The van der Waals surface area contributed by atoms with Crippen LogP contribution in [-0.2, 0) is 0 Å². The van der Waals surface area contributed by atoms with Crippen molar-refractivity contribution in [3.8, 4) is 0 Å². The third-order valence-electron chi connectivity index (χ3n) is 2.66. The molecule has 0 aliphatic carbocycles. The first-order valence-electron chi connectivity index (χ1n) is 6.25. The first kappa shape index (κ1) is 15.1. The predicted molar refractivity (Wildman–Crippen MR) is 82.3 cm³/mol. The van der Waals surface area contributed by atoms with Crippen molar-refractivity contribution in [2.24, 2.45) is 0 Å². The SMILES string of the molecule is CN(CCCCCBr)CCSc1ccccc1. The quantitative estimate of drug-likeness (QED) is 0.380. The number of halogens is 1. The molecule has 3 heteroatoms. The van der Waals surface area contributed by atoms with Crippen LogP contribution in [0, 0.1) is 0 Å². The van der Waals surface area contributed by atoms with Gasteiger partial charge in [0.15, 0.2) is 0 Å². The van der Waals surface area contributed by atoms with E-state index < -0.39 is 0 Å². The van der Waals surface area contributed by atoms with Gasteiger partial charge in [-0.05, 0) is 38.6 Å². The maximum Gasteiger partial charge on any atom is 0.0108 e. The van der Waals surface area contributed by atoms with Crippen molar-refractivity contribution in [2.45, 2.75) is 24.2 Å². The minimum atomic E-state index is 1.14. The van der Waals surface area contributed by atoms with Crippen molar-refractivity contribution >= 4 is 27.7 Å². The molecule has 0 amide bonds. The Morgan fingerprint density at radius 1 is 1.06 bits per heavy atom. The molecule has 0 fully saturated rings. The molecule has 0 spiro atoms. The summed E-state index contributed by atoms with van der Waals surface area (Å²) in [5, 5.41) is 1.14. The topological polar surface area (TPSA) is 3.24 Å². The molecule has 0 radical (unpaired) electrons. The number of unbranched alkanes of at least 4 members (excludes halogenated alkanes) is 2. The molecule has 0 aliphatic rings. The Hall–Kier alpha value is 0.0100. The normalized spacial score (nSPS) is 11.0. The van der Waals surface area contributed by atoms with Gasteiger partial charge >= 0.3 is 0 Å². The van der Waals surface area contributed by atoms with Gasteiger partial charge < -0.3 is 4.90 Å². The van der Waals surface area contributed by atoms with Gasteiger partial charge in [0.05, 0.1) is 0 Å². The van der Waals surface area contributed by atoms with Gasteiger partial charge in [0.1, 0.15) is 0 Å². The van der Waals surface area contributed by atoms with Crippen LogP contribution in [0.5, 0.6) is 0 Å². The zero-order valence-corrected chi connectivity index (χ0v) is 13.0. The van der Waals surface area contributed by atoms with E-state index >= 15 is 0 Å². The Labute approximate surface area is 118 Å². The van der Waals surface area contributed by atoms with Gasteiger partial charge in [-0.2, -0.15) is 0 Å². The number of hydrogen-bond donors (Lipinski definition) is 0. The second kappa shape index (κ2) is 9.98. The molecule has 1 nitrogen and oxygen atoms in total. The lowest BCUT2D eigenvalue weighted by atomic mass is 10.2. The predicted octanol–water partition coefficient (Wildman–Crippen LogP) is 4.28. The fourth-order valence-electron chi connectivity index (χ4n) is 1.60. The van der Waals surface area contributed by atoms with E-state index in [-0.39, 0.29) is 0 Å². The summed E-state index contributed by atoms with van der Waals surface area (Å²) in [6, 6.07) is 10.6. The molecular formula is C14H22BrNS. The van der Waals surface area contributed by atoms with E-state index in [1.54, 1.807) is 0 Å². The molecule has 0 aromatic heterocycles. The maximum atomic E-state index is 3.47. The van der Waals surface area contributed by atoms with E-state index in [2.05, 4.69) is 58.2 Å². The Morgan fingerprint density at radius 2 is 1.82 bits per heavy atom. The summed E-state index contributed by atoms with van der Waals surface area (Å²) in [4.78, 5) is 3.81. The van der Waals surface area contributed by atoms with Crippen LogP contribution in [0.4, 0.5) is 0 Å². The molecule has 0 saturated heterocycles. The fraction of sp³-hybridized carbons (Fsp3) is 0.571. The highest BCUT2D eigenvalue weighted by Gasteiger charge is 1.99. The van der Waals surface area contributed by atoms with Crippen LogP contribution in [0.3, 0.4) is 0 Å². The van der Waals surface area contributed by atoms with Gasteiger partial charge in [-0.3, -0.25) is 0 Å². The molecule has 17 heavy (non-hydrogen) atoms.